The highest BCUT2D eigenvalue weighted by Gasteiger charge is 2.11. The molecule has 4 heteroatoms. The van der Waals surface area contributed by atoms with E-state index in [4.69, 9.17) is 0 Å². The first-order valence-electron chi connectivity index (χ1n) is 5.19. The summed E-state index contributed by atoms with van der Waals surface area (Å²) in [6.07, 6.45) is 5.89. The van der Waals surface area contributed by atoms with Gasteiger partial charge in [0, 0.05) is 17.3 Å². The first kappa shape index (κ1) is 10.2. The maximum Gasteiger partial charge on any atom is 0.200 e. The van der Waals surface area contributed by atoms with Gasteiger partial charge in [0.25, 0.3) is 0 Å². The predicted octanol–water partition coefficient (Wildman–Crippen LogP) is 3.42. The lowest BCUT2D eigenvalue weighted by Gasteiger charge is -2.15. The van der Waals surface area contributed by atoms with Crippen molar-refractivity contribution in [2.24, 2.45) is 0 Å². The molecule has 0 saturated heterocycles. The number of H-pyrrole nitrogens is 1. The van der Waals surface area contributed by atoms with Crippen LogP contribution in [0.4, 0.5) is 5.95 Å². The molecule has 2 aromatic rings. The third kappa shape index (κ3) is 2.59. The van der Waals surface area contributed by atoms with Crippen molar-refractivity contribution >= 4 is 17.3 Å². The monoisotopic (exact) mass is 221 g/mol. The fraction of sp³-hybridized carbons (Fsp3) is 0.364. The number of nitrogens with zero attached hydrogens (tertiary/aromatic N) is 1. The van der Waals surface area contributed by atoms with Gasteiger partial charge in [-0.15, -0.1) is 11.3 Å². The van der Waals surface area contributed by atoms with Crippen LogP contribution in [0.15, 0.2) is 29.9 Å². The van der Waals surface area contributed by atoms with E-state index in [1.165, 1.54) is 4.88 Å². The van der Waals surface area contributed by atoms with Gasteiger partial charge in [0.1, 0.15) is 0 Å². The van der Waals surface area contributed by atoms with Gasteiger partial charge in [0.05, 0.1) is 6.04 Å². The zero-order valence-electron chi connectivity index (χ0n) is 8.73. The van der Waals surface area contributed by atoms with Gasteiger partial charge in [-0.3, -0.25) is 0 Å². The van der Waals surface area contributed by atoms with Gasteiger partial charge < -0.3 is 10.3 Å². The minimum absolute atomic E-state index is 0.376. The Morgan fingerprint density at radius 2 is 2.53 bits per heavy atom. The molecule has 80 valence electrons. The molecule has 15 heavy (non-hydrogen) atoms. The van der Waals surface area contributed by atoms with E-state index in [-0.39, 0.29) is 0 Å². The van der Waals surface area contributed by atoms with Crippen molar-refractivity contribution < 1.29 is 0 Å². The van der Waals surface area contributed by atoms with Gasteiger partial charge in [-0.25, -0.2) is 4.98 Å². The van der Waals surface area contributed by atoms with Crippen LogP contribution in [0.3, 0.4) is 0 Å². The zero-order valence-corrected chi connectivity index (χ0v) is 9.55. The van der Waals surface area contributed by atoms with Crippen molar-refractivity contribution in [3.05, 3.63) is 34.8 Å². The van der Waals surface area contributed by atoms with Crippen LogP contribution in [0.25, 0.3) is 0 Å². The number of anilines is 1. The Morgan fingerprint density at radius 3 is 3.13 bits per heavy atom. The Hall–Kier alpha value is -1.29. The number of imidazole rings is 1. The van der Waals surface area contributed by atoms with Gasteiger partial charge in [-0.05, 0) is 17.9 Å². The molecule has 0 aliphatic heterocycles. The topological polar surface area (TPSA) is 40.7 Å². The van der Waals surface area contributed by atoms with Crippen LogP contribution >= 0.6 is 11.3 Å². The molecule has 0 aliphatic rings. The van der Waals surface area contributed by atoms with E-state index in [2.05, 4.69) is 39.7 Å². The summed E-state index contributed by atoms with van der Waals surface area (Å²) < 4.78 is 0. The second kappa shape index (κ2) is 4.98. The first-order chi connectivity index (χ1) is 7.40. The lowest BCUT2D eigenvalue weighted by Crippen LogP contribution is -2.09. The maximum atomic E-state index is 4.19. The third-order valence-electron chi connectivity index (χ3n) is 2.27. The highest BCUT2D eigenvalue weighted by Crippen LogP contribution is 2.25. The summed E-state index contributed by atoms with van der Waals surface area (Å²) >= 11 is 1.79. The van der Waals surface area contributed by atoms with Crippen LogP contribution < -0.4 is 5.32 Å². The van der Waals surface area contributed by atoms with E-state index in [0.717, 1.165) is 18.8 Å². The summed E-state index contributed by atoms with van der Waals surface area (Å²) in [7, 11) is 0. The number of thiophene rings is 1. The van der Waals surface area contributed by atoms with Crippen molar-refractivity contribution in [2.45, 2.75) is 25.8 Å². The summed E-state index contributed by atoms with van der Waals surface area (Å²) in [5.74, 6) is 0.849. The molecule has 0 fully saturated rings. The van der Waals surface area contributed by atoms with Crippen LogP contribution in [0.1, 0.15) is 30.7 Å². The minimum Gasteiger partial charge on any atom is -0.348 e. The van der Waals surface area contributed by atoms with Crippen LogP contribution in [-0.4, -0.2) is 9.97 Å². The number of aromatic amines is 1. The average Bonchev–Trinajstić information content (AvgIpc) is 2.89. The van der Waals surface area contributed by atoms with Crippen LogP contribution in [0.5, 0.6) is 0 Å². The second-order valence-corrected chi connectivity index (χ2v) is 4.42. The Bertz CT molecular complexity index is 366. The van der Waals surface area contributed by atoms with Crippen molar-refractivity contribution in [2.75, 3.05) is 5.32 Å². The Balaban J connectivity index is 2.07. The van der Waals surface area contributed by atoms with E-state index < -0.39 is 0 Å². The normalized spacial score (nSPS) is 12.6. The van der Waals surface area contributed by atoms with E-state index in [9.17, 15) is 0 Å². The quantitative estimate of drug-likeness (QED) is 0.812. The van der Waals surface area contributed by atoms with E-state index >= 15 is 0 Å². The molecule has 0 radical (unpaired) electrons. The first-order valence-corrected chi connectivity index (χ1v) is 6.07. The van der Waals surface area contributed by atoms with Gasteiger partial charge in [0.15, 0.2) is 0 Å². The van der Waals surface area contributed by atoms with E-state index in [0.29, 0.717) is 6.04 Å². The van der Waals surface area contributed by atoms with Crippen LogP contribution in [0, 0.1) is 0 Å². The second-order valence-electron chi connectivity index (χ2n) is 3.44. The summed E-state index contributed by atoms with van der Waals surface area (Å²) in [6, 6.07) is 4.63. The van der Waals surface area contributed by atoms with Crippen molar-refractivity contribution in [1.82, 2.24) is 9.97 Å². The Labute approximate surface area is 93.6 Å². The summed E-state index contributed by atoms with van der Waals surface area (Å²) in [5.41, 5.74) is 0. The highest BCUT2D eigenvalue weighted by molar-refractivity contribution is 7.10. The molecule has 0 spiro atoms. The van der Waals surface area contributed by atoms with Crippen LogP contribution in [0.2, 0.25) is 0 Å². The molecule has 2 aromatic heterocycles. The van der Waals surface area contributed by atoms with Gasteiger partial charge in [-0.1, -0.05) is 19.4 Å². The number of aromatic nitrogens is 2. The molecule has 0 aliphatic carbocycles. The molecular weight excluding hydrogens is 206 g/mol. The largest absolute Gasteiger partial charge is 0.348 e. The minimum atomic E-state index is 0.376. The summed E-state index contributed by atoms with van der Waals surface area (Å²) in [6.45, 7) is 2.20. The molecule has 2 heterocycles. The Kier molecular flexibility index (Phi) is 3.40. The van der Waals surface area contributed by atoms with Crippen LogP contribution in [-0.2, 0) is 0 Å². The number of hydrogen-bond donors (Lipinski definition) is 2. The summed E-state index contributed by atoms with van der Waals surface area (Å²) in [4.78, 5) is 8.63. The van der Waals surface area contributed by atoms with Gasteiger partial charge in [0.2, 0.25) is 5.95 Å². The zero-order chi connectivity index (χ0) is 10.5. The highest BCUT2D eigenvalue weighted by atomic mass is 32.1. The standard InChI is InChI=1S/C11H15N3S/c1-2-4-9(10-5-3-8-15-10)14-11-12-6-7-13-11/h3,5-9H,2,4H2,1H3,(H2,12,13,14). The smallest absolute Gasteiger partial charge is 0.200 e. The van der Waals surface area contributed by atoms with E-state index in [1.807, 2.05) is 6.20 Å². The molecule has 0 bridgehead atoms. The SMILES string of the molecule is CCCC(Nc1ncc[nH]1)c1cccs1. The van der Waals surface area contributed by atoms with Crippen molar-refractivity contribution in [1.29, 1.82) is 0 Å². The Morgan fingerprint density at radius 1 is 1.60 bits per heavy atom. The van der Waals surface area contributed by atoms with Gasteiger partial charge >= 0.3 is 0 Å². The predicted molar refractivity (Wildman–Crippen MR) is 64.2 cm³/mol. The van der Waals surface area contributed by atoms with Crippen molar-refractivity contribution in [3.8, 4) is 0 Å². The van der Waals surface area contributed by atoms with Gasteiger partial charge in [-0.2, -0.15) is 0 Å². The fourth-order valence-electron chi connectivity index (χ4n) is 1.57. The molecule has 2 rings (SSSR count). The number of hydrogen-bond acceptors (Lipinski definition) is 3. The summed E-state index contributed by atoms with van der Waals surface area (Å²) in [5, 5.41) is 5.52. The molecular formula is C11H15N3S. The molecule has 2 N–H and O–H groups in total. The fourth-order valence-corrected chi connectivity index (χ4v) is 2.39. The lowest BCUT2D eigenvalue weighted by atomic mass is 10.1. The van der Waals surface area contributed by atoms with Crippen molar-refractivity contribution in [3.63, 3.8) is 0 Å². The van der Waals surface area contributed by atoms with E-state index in [1.54, 1.807) is 17.5 Å². The maximum absolute atomic E-state index is 4.19. The molecule has 1 atom stereocenters. The lowest BCUT2D eigenvalue weighted by molar-refractivity contribution is 0.682. The molecule has 0 aromatic carbocycles. The molecule has 0 saturated carbocycles. The molecule has 3 nitrogen and oxygen atoms in total. The number of nitrogens with one attached hydrogen (secondary N) is 2. The average molecular weight is 221 g/mol. The third-order valence-corrected chi connectivity index (χ3v) is 3.26. The number of rotatable bonds is 5. The molecule has 1 unspecified atom stereocenters. The molecule has 0 amide bonds.